The van der Waals surface area contributed by atoms with E-state index in [2.05, 4.69) is 0 Å². The molecule has 0 saturated carbocycles. The number of alkyl halides is 17. The van der Waals surface area contributed by atoms with E-state index in [1.807, 2.05) is 0 Å². The van der Waals surface area contributed by atoms with Crippen LogP contribution in [0.4, 0.5) is 74.6 Å². The maximum Gasteiger partial charge on any atom is 0.460 e. The first kappa shape index (κ1) is 44.1. The number of rotatable bonds is 18. The molecule has 0 aromatic heterocycles. The van der Waals surface area contributed by atoms with Crippen molar-refractivity contribution in [2.75, 3.05) is 46.0 Å². The van der Waals surface area contributed by atoms with E-state index in [-0.39, 0.29) is 13.0 Å². The highest BCUT2D eigenvalue weighted by Crippen LogP contribution is 2.64. The predicted octanol–water partition coefficient (Wildman–Crippen LogP) is 4.41. The number of hydrogen-bond donors (Lipinski definition) is 2. The molecular formula is C18H22F17N2O7S2+. The molecule has 276 valence electrons. The highest BCUT2D eigenvalue weighted by Gasteiger charge is 2.96. The zero-order valence-electron chi connectivity index (χ0n) is 22.5. The Kier molecular flexibility index (Phi) is 12.3. The zero-order valence-corrected chi connectivity index (χ0v) is 24.2. The van der Waals surface area contributed by atoms with Crippen LogP contribution in [0, 0.1) is 0 Å². The molecule has 46 heavy (non-hydrogen) atoms. The van der Waals surface area contributed by atoms with Gasteiger partial charge in [-0.2, -0.15) is 87.4 Å². The molecule has 0 aromatic rings. The average molecular weight is 765 g/mol. The van der Waals surface area contributed by atoms with Gasteiger partial charge < -0.3 is 9.59 Å². The van der Waals surface area contributed by atoms with Gasteiger partial charge in [0.2, 0.25) is 0 Å². The Balaban J connectivity index is 6.72. The average Bonchev–Trinajstić information content (AvgIpc) is 2.80. The van der Waals surface area contributed by atoms with Crippen LogP contribution < -0.4 is 0 Å². The SMILES string of the molecule is C[N+](C)(CCCN(CC(=O)O)S(=O)(=O)C(F)(F)C(F)(F)C(F)(F)C(F)(F)C(F)(F)C(F)(F)C(F)(F)C(F)(F)F)CCCS(=O)(=O)O. The molecular weight excluding hydrogens is 743 g/mol. The third-order valence-corrected chi connectivity index (χ3v) is 8.71. The lowest BCUT2D eigenvalue weighted by atomic mass is 9.91. The van der Waals surface area contributed by atoms with Gasteiger partial charge in [0.1, 0.15) is 6.54 Å². The zero-order chi connectivity index (χ0) is 37.6. The summed E-state index contributed by atoms with van der Waals surface area (Å²) < 4.78 is 283. The first-order chi connectivity index (χ1) is 19.7. The molecule has 28 heteroatoms. The lowest BCUT2D eigenvalue weighted by Gasteiger charge is -2.43. The van der Waals surface area contributed by atoms with Crippen LogP contribution in [-0.4, -0.2) is 134 Å². The van der Waals surface area contributed by atoms with Gasteiger partial charge in [-0.1, -0.05) is 0 Å². The molecule has 0 aliphatic rings. The molecule has 0 fully saturated rings. The Bertz CT molecular complexity index is 1320. The summed E-state index contributed by atoms with van der Waals surface area (Å²) in [6.07, 6.45) is -9.24. The minimum absolute atomic E-state index is 0.243. The molecule has 0 amide bonds. The van der Waals surface area contributed by atoms with Crippen molar-refractivity contribution in [2.45, 2.75) is 59.8 Å². The smallest absolute Gasteiger partial charge is 0.460 e. The maximum absolute atomic E-state index is 14.5. The van der Waals surface area contributed by atoms with Crippen molar-refractivity contribution in [2.24, 2.45) is 0 Å². The molecule has 0 unspecified atom stereocenters. The number of halogens is 17. The summed E-state index contributed by atoms with van der Waals surface area (Å²) in [5.74, 6) is -56.1. The Morgan fingerprint density at radius 3 is 1.33 bits per heavy atom. The molecule has 0 spiro atoms. The monoisotopic (exact) mass is 765 g/mol. The minimum atomic E-state index is -9.03. The van der Waals surface area contributed by atoms with Crippen LogP contribution >= 0.6 is 0 Å². The normalized spacial score (nSPS) is 15.8. The fourth-order valence-electron chi connectivity index (χ4n) is 3.37. The maximum atomic E-state index is 14.5. The second-order valence-electron chi connectivity index (χ2n) is 10.1. The Hall–Kier alpha value is -1.94. The number of sulfonamides is 1. The van der Waals surface area contributed by atoms with Gasteiger partial charge in [0.05, 0.1) is 32.9 Å². The van der Waals surface area contributed by atoms with Crippen molar-refractivity contribution >= 4 is 26.1 Å². The molecule has 2 N–H and O–H groups in total. The van der Waals surface area contributed by atoms with Crippen LogP contribution in [0.15, 0.2) is 0 Å². The fourth-order valence-corrected chi connectivity index (χ4v) is 5.29. The van der Waals surface area contributed by atoms with E-state index in [4.69, 9.17) is 9.66 Å². The number of hydrogen-bond acceptors (Lipinski definition) is 5. The van der Waals surface area contributed by atoms with Crippen LogP contribution in [-0.2, 0) is 24.9 Å². The third kappa shape index (κ3) is 7.85. The summed E-state index contributed by atoms with van der Waals surface area (Å²) in [7, 11) is -9.92. The van der Waals surface area contributed by atoms with Gasteiger partial charge in [0, 0.05) is 19.4 Å². The van der Waals surface area contributed by atoms with E-state index in [1.165, 1.54) is 14.1 Å². The summed E-state index contributed by atoms with van der Waals surface area (Å²) in [6.45, 7) is -4.87. The van der Waals surface area contributed by atoms with E-state index < -0.39 is 114 Å². The lowest BCUT2D eigenvalue weighted by Crippen LogP contribution is -2.75. The largest absolute Gasteiger partial charge is 0.480 e. The molecule has 0 aliphatic heterocycles. The predicted molar refractivity (Wildman–Crippen MR) is 116 cm³/mol. The van der Waals surface area contributed by atoms with Crippen molar-refractivity contribution in [3.63, 3.8) is 0 Å². The summed E-state index contributed by atoms with van der Waals surface area (Å²) >= 11 is 0. The summed E-state index contributed by atoms with van der Waals surface area (Å²) in [6, 6.07) is 0. The van der Waals surface area contributed by atoms with Crippen molar-refractivity contribution in [1.82, 2.24) is 4.31 Å². The van der Waals surface area contributed by atoms with Crippen molar-refractivity contribution in [3.05, 3.63) is 0 Å². The number of carboxylic acids is 1. The van der Waals surface area contributed by atoms with Crippen LogP contribution in [0.3, 0.4) is 0 Å². The summed E-state index contributed by atoms with van der Waals surface area (Å²) in [5, 5.41) is 0.855. The fraction of sp³-hybridized carbons (Fsp3) is 0.944. The molecule has 0 rings (SSSR count). The number of quaternary nitrogens is 1. The second kappa shape index (κ2) is 12.8. The molecule has 0 aromatic carbocycles. The number of aliphatic carboxylic acids is 1. The van der Waals surface area contributed by atoms with E-state index in [0.29, 0.717) is 0 Å². The van der Waals surface area contributed by atoms with Crippen molar-refractivity contribution in [3.8, 4) is 0 Å². The molecule has 0 atom stereocenters. The van der Waals surface area contributed by atoms with Gasteiger partial charge in [-0.3, -0.25) is 9.35 Å². The van der Waals surface area contributed by atoms with Gasteiger partial charge in [-0.15, -0.1) is 0 Å². The topological polar surface area (TPSA) is 129 Å². The number of carboxylic acid groups (broad SMARTS) is 1. The molecule has 0 bridgehead atoms. The Labute approximate surface area is 247 Å². The van der Waals surface area contributed by atoms with Gasteiger partial charge in [-0.25, -0.2) is 8.42 Å². The summed E-state index contributed by atoms with van der Waals surface area (Å²) in [5.41, 5.74) is 0. The Morgan fingerprint density at radius 1 is 0.630 bits per heavy atom. The van der Waals surface area contributed by atoms with Gasteiger partial charge in [0.15, 0.2) is 0 Å². The van der Waals surface area contributed by atoms with Gasteiger partial charge >= 0.3 is 52.9 Å². The molecule has 0 saturated heterocycles. The first-order valence-electron chi connectivity index (χ1n) is 11.4. The molecule has 0 heterocycles. The van der Waals surface area contributed by atoms with Crippen LogP contribution in [0.5, 0.6) is 0 Å². The van der Waals surface area contributed by atoms with Gasteiger partial charge in [0.25, 0.3) is 20.1 Å². The van der Waals surface area contributed by atoms with E-state index in [0.717, 1.165) is 0 Å². The second-order valence-corrected chi connectivity index (χ2v) is 13.6. The lowest BCUT2D eigenvalue weighted by molar-refractivity contribution is -0.890. The summed E-state index contributed by atoms with van der Waals surface area (Å²) in [4.78, 5) is 11.0. The number of nitrogens with zero attached hydrogens (tertiary/aromatic N) is 2. The quantitative estimate of drug-likeness (QED) is 0.120. The first-order valence-corrected chi connectivity index (χ1v) is 14.5. The van der Waals surface area contributed by atoms with Crippen LogP contribution in [0.2, 0.25) is 0 Å². The van der Waals surface area contributed by atoms with E-state index in [9.17, 15) is 96.3 Å². The van der Waals surface area contributed by atoms with E-state index >= 15 is 0 Å². The third-order valence-electron chi connectivity index (χ3n) is 6.01. The standard InChI is InChI=1S/C18H21F17N2O7S2/c1-37(2,7-4-8-45(40,41)42)6-3-5-36(9-10(38)39)46(43,44)18(34,35)16(29,30)14(25,26)12(21,22)11(19,20)13(23,24)15(27,28)17(31,32)33/h3-9H2,1-2H3,(H-,38,39,40,41,42)/p+1. The van der Waals surface area contributed by atoms with Crippen molar-refractivity contribution < 1.29 is 110 Å². The number of carbonyl (C=O) groups is 1. The molecule has 9 nitrogen and oxygen atoms in total. The highest BCUT2D eigenvalue weighted by molar-refractivity contribution is 7.90. The van der Waals surface area contributed by atoms with Crippen LogP contribution in [0.1, 0.15) is 12.8 Å². The Morgan fingerprint density at radius 2 is 0.978 bits per heavy atom. The van der Waals surface area contributed by atoms with Crippen molar-refractivity contribution in [1.29, 1.82) is 0 Å². The van der Waals surface area contributed by atoms with E-state index in [1.54, 1.807) is 0 Å². The van der Waals surface area contributed by atoms with Crippen LogP contribution in [0.25, 0.3) is 0 Å². The highest BCUT2D eigenvalue weighted by atomic mass is 32.2. The molecule has 0 aliphatic carbocycles. The molecule has 0 radical (unpaired) electrons. The van der Waals surface area contributed by atoms with Gasteiger partial charge in [-0.05, 0) is 0 Å². The minimum Gasteiger partial charge on any atom is -0.480 e.